The number of thiazole rings is 1. The number of aromatic nitrogens is 1. The number of guanidine groups is 1. The van der Waals surface area contributed by atoms with Crippen LogP contribution in [-0.4, -0.2) is 37.1 Å². The average molecular weight is 364 g/mol. The summed E-state index contributed by atoms with van der Waals surface area (Å²) in [5, 5.41) is 8.68. The van der Waals surface area contributed by atoms with Gasteiger partial charge in [0.2, 0.25) is 0 Å². The van der Waals surface area contributed by atoms with Gasteiger partial charge in [-0.25, -0.2) is 4.98 Å². The van der Waals surface area contributed by atoms with Crippen molar-refractivity contribution in [3.05, 3.63) is 45.4 Å². The second kappa shape index (κ2) is 7.85. The van der Waals surface area contributed by atoms with Crippen molar-refractivity contribution < 1.29 is 0 Å². The summed E-state index contributed by atoms with van der Waals surface area (Å²) in [6.07, 6.45) is 2.97. The van der Waals surface area contributed by atoms with E-state index in [2.05, 4.69) is 38.5 Å². The van der Waals surface area contributed by atoms with Gasteiger partial charge in [-0.15, -0.1) is 11.3 Å². The van der Waals surface area contributed by atoms with Gasteiger partial charge in [0, 0.05) is 48.0 Å². The van der Waals surface area contributed by atoms with Crippen LogP contribution in [0.5, 0.6) is 0 Å². The van der Waals surface area contributed by atoms with Crippen LogP contribution in [0.25, 0.3) is 0 Å². The number of aryl methyl sites for hydroxylation is 1. The molecule has 128 valence electrons. The summed E-state index contributed by atoms with van der Waals surface area (Å²) in [5.74, 6) is 0.820. The number of hydrogen-bond acceptors (Lipinski definition) is 4. The molecule has 0 aliphatic carbocycles. The van der Waals surface area contributed by atoms with Gasteiger partial charge in [-0.3, -0.25) is 4.99 Å². The fourth-order valence-electron chi connectivity index (χ4n) is 2.82. The minimum atomic E-state index is 0.369. The standard InChI is InChI=1S/C17H22ClN5S/c1-12-9-20-16(24-12)10-21-17(19-2)22-14-6-7-23(11-14)15-5-3-4-13(18)8-15/h3-5,8-9,14H,6-7,10-11H2,1-2H3,(H2,19,21,22). The van der Waals surface area contributed by atoms with E-state index < -0.39 is 0 Å². The van der Waals surface area contributed by atoms with Crippen LogP contribution in [0.2, 0.25) is 5.02 Å². The zero-order valence-electron chi connectivity index (χ0n) is 13.9. The van der Waals surface area contributed by atoms with Crippen LogP contribution in [0.1, 0.15) is 16.3 Å². The third-order valence-corrected chi connectivity index (χ3v) is 5.15. The predicted molar refractivity (Wildman–Crippen MR) is 102 cm³/mol. The Hall–Kier alpha value is -1.79. The number of halogens is 1. The molecule has 0 bridgehead atoms. The van der Waals surface area contributed by atoms with Crippen LogP contribution >= 0.6 is 22.9 Å². The quantitative estimate of drug-likeness (QED) is 0.647. The molecule has 1 atom stereocenters. The van der Waals surface area contributed by atoms with Crippen LogP contribution in [0.3, 0.4) is 0 Å². The highest BCUT2D eigenvalue weighted by atomic mass is 35.5. The molecule has 3 rings (SSSR count). The van der Waals surface area contributed by atoms with Gasteiger partial charge in [0.05, 0.1) is 6.54 Å². The zero-order valence-corrected chi connectivity index (χ0v) is 15.5. The molecule has 0 amide bonds. The van der Waals surface area contributed by atoms with E-state index in [0.29, 0.717) is 12.6 Å². The van der Waals surface area contributed by atoms with Crippen molar-refractivity contribution in [2.75, 3.05) is 25.0 Å². The highest BCUT2D eigenvalue weighted by Crippen LogP contribution is 2.23. The van der Waals surface area contributed by atoms with Crippen molar-refractivity contribution in [2.24, 2.45) is 4.99 Å². The molecule has 1 aromatic heterocycles. The third-order valence-electron chi connectivity index (χ3n) is 4.00. The molecule has 1 aliphatic heterocycles. The molecule has 0 saturated carbocycles. The van der Waals surface area contributed by atoms with E-state index in [4.69, 9.17) is 11.6 Å². The number of hydrogen-bond donors (Lipinski definition) is 2. The van der Waals surface area contributed by atoms with E-state index in [1.54, 1.807) is 18.4 Å². The lowest BCUT2D eigenvalue weighted by molar-refractivity contribution is 0.648. The predicted octanol–water partition coefficient (Wildman–Crippen LogP) is 3.05. The SMILES string of the molecule is CN=C(NCc1ncc(C)s1)NC1CCN(c2cccc(Cl)c2)C1. The summed E-state index contributed by atoms with van der Waals surface area (Å²) in [7, 11) is 1.80. The Kier molecular flexibility index (Phi) is 5.58. The molecule has 1 unspecified atom stereocenters. The van der Waals surface area contributed by atoms with Gasteiger partial charge in [-0.2, -0.15) is 0 Å². The second-order valence-electron chi connectivity index (χ2n) is 5.85. The lowest BCUT2D eigenvalue weighted by Gasteiger charge is -2.20. The molecule has 1 saturated heterocycles. The van der Waals surface area contributed by atoms with E-state index in [-0.39, 0.29) is 0 Å². The lowest BCUT2D eigenvalue weighted by Crippen LogP contribution is -2.44. The van der Waals surface area contributed by atoms with Gasteiger partial charge in [-0.1, -0.05) is 17.7 Å². The number of benzene rings is 1. The van der Waals surface area contributed by atoms with Gasteiger partial charge >= 0.3 is 0 Å². The molecule has 0 spiro atoms. The second-order valence-corrected chi connectivity index (χ2v) is 7.60. The highest BCUT2D eigenvalue weighted by Gasteiger charge is 2.23. The number of nitrogens with zero attached hydrogens (tertiary/aromatic N) is 3. The molecular formula is C17H22ClN5S. The van der Waals surface area contributed by atoms with Crippen LogP contribution in [0.4, 0.5) is 5.69 Å². The average Bonchev–Trinajstić information content (AvgIpc) is 3.20. The van der Waals surface area contributed by atoms with Crippen molar-refractivity contribution >= 4 is 34.6 Å². The van der Waals surface area contributed by atoms with Crippen LogP contribution in [0.15, 0.2) is 35.5 Å². The smallest absolute Gasteiger partial charge is 0.191 e. The summed E-state index contributed by atoms with van der Waals surface area (Å²) in [4.78, 5) is 12.3. The summed E-state index contributed by atoms with van der Waals surface area (Å²) in [6, 6.07) is 8.39. The molecule has 2 heterocycles. The Morgan fingerprint density at radius 1 is 1.50 bits per heavy atom. The van der Waals surface area contributed by atoms with Gasteiger partial charge in [0.1, 0.15) is 5.01 Å². The number of rotatable bonds is 4. The fraction of sp³-hybridized carbons (Fsp3) is 0.412. The molecule has 2 aromatic rings. The Morgan fingerprint density at radius 3 is 3.08 bits per heavy atom. The number of anilines is 1. The summed E-state index contributed by atoms with van der Waals surface area (Å²) >= 11 is 7.80. The van der Waals surface area contributed by atoms with Gasteiger partial charge in [-0.05, 0) is 31.5 Å². The third kappa shape index (κ3) is 4.39. The molecule has 7 heteroatoms. The summed E-state index contributed by atoms with van der Waals surface area (Å²) in [6.45, 7) is 4.72. The largest absolute Gasteiger partial charge is 0.369 e. The molecular weight excluding hydrogens is 342 g/mol. The minimum Gasteiger partial charge on any atom is -0.369 e. The van der Waals surface area contributed by atoms with Crippen molar-refractivity contribution in [1.29, 1.82) is 0 Å². The van der Waals surface area contributed by atoms with E-state index in [9.17, 15) is 0 Å². The maximum atomic E-state index is 6.09. The molecule has 0 radical (unpaired) electrons. The topological polar surface area (TPSA) is 52.6 Å². The first-order valence-electron chi connectivity index (χ1n) is 8.03. The van der Waals surface area contributed by atoms with Gasteiger partial charge in [0.15, 0.2) is 5.96 Å². The summed E-state index contributed by atoms with van der Waals surface area (Å²) in [5.41, 5.74) is 1.17. The number of aliphatic imine (C=N–C) groups is 1. The Labute approximate surface area is 151 Å². The van der Waals surface area contributed by atoms with Gasteiger partial charge < -0.3 is 15.5 Å². The van der Waals surface area contributed by atoms with E-state index in [1.165, 1.54) is 10.6 Å². The van der Waals surface area contributed by atoms with Crippen LogP contribution < -0.4 is 15.5 Å². The number of nitrogens with one attached hydrogen (secondary N) is 2. The molecule has 1 fully saturated rings. The van der Waals surface area contributed by atoms with Crippen LogP contribution in [0, 0.1) is 6.92 Å². The first kappa shape index (κ1) is 17.0. The molecule has 5 nitrogen and oxygen atoms in total. The minimum absolute atomic E-state index is 0.369. The van der Waals surface area contributed by atoms with E-state index in [0.717, 1.165) is 35.5 Å². The molecule has 24 heavy (non-hydrogen) atoms. The van der Waals surface area contributed by atoms with Crippen molar-refractivity contribution in [3.8, 4) is 0 Å². The normalized spacial score (nSPS) is 18.0. The Balaban J connectivity index is 1.52. The molecule has 2 N–H and O–H groups in total. The summed E-state index contributed by atoms with van der Waals surface area (Å²) < 4.78 is 0. The molecule has 1 aliphatic rings. The van der Waals surface area contributed by atoms with Gasteiger partial charge in [0.25, 0.3) is 0 Å². The zero-order chi connectivity index (χ0) is 16.9. The van der Waals surface area contributed by atoms with Crippen molar-refractivity contribution in [2.45, 2.75) is 25.9 Å². The Bertz CT molecular complexity index is 715. The van der Waals surface area contributed by atoms with E-state index in [1.807, 2.05) is 24.4 Å². The van der Waals surface area contributed by atoms with Crippen molar-refractivity contribution in [3.63, 3.8) is 0 Å². The monoisotopic (exact) mass is 363 g/mol. The maximum Gasteiger partial charge on any atom is 0.191 e. The Morgan fingerprint density at radius 2 is 2.38 bits per heavy atom. The lowest BCUT2D eigenvalue weighted by atomic mass is 10.3. The highest BCUT2D eigenvalue weighted by molar-refractivity contribution is 7.11. The van der Waals surface area contributed by atoms with E-state index >= 15 is 0 Å². The van der Waals surface area contributed by atoms with Crippen molar-refractivity contribution in [1.82, 2.24) is 15.6 Å². The maximum absolute atomic E-state index is 6.09. The van der Waals surface area contributed by atoms with Crippen LogP contribution in [-0.2, 0) is 6.54 Å². The first-order valence-corrected chi connectivity index (χ1v) is 9.22. The fourth-order valence-corrected chi connectivity index (χ4v) is 3.73. The molecule has 1 aromatic carbocycles. The first-order chi connectivity index (χ1) is 11.6.